The van der Waals surface area contributed by atoms with E-state index in [4.69, 9.17) is 14.1 Å². The first-order chi connectivity index (χ1) is 15.7. The van der Waals surface area contributed by atoms with Crippen LogP contribution in [-0.4, -0.2) is 59.8 Å². The number of aromatic nitrogens is 2. The minimum absolute atomic E-state index is 0. The average Bonchev–Trinajstić information content (AvgIpc) is 3.38. The van der Waals surface area contributed by atoms with Crippen LogP contribution in [0, 0.1) is 0 Å². The van der Waals surface area contributed by atoms with Gasteiger partial charge in [0, 0.05) is 26.2 Å². The van der Waals surface area contributed by atoms with Gasteiger partial charge in [-0.15, -0.1) is 12.4 Å². The van der Waals surface area contributed by atoms with Crippen LogP contribution in [0.1, 0.15) is 6.42 Å². The maximum atomic E-state index is 13.4. The fraction of sp³-hybridized carbons (Fsp3) is 0.348. The number of thiazole rings is 1. The van der Waals surface area contributed by atoms with Gasteiger partial charge in [0.1, 0.15) is 6.54 Å². The lowest BCUT2D eigenvalue weighted by Gasteiger charge is -2.27. The number of oxazole rings is 1. The summed E-state index contributed by atoms with van der Waals surface area (Å²) in [5, 5.41) is 0.652. The molecule has 3 heterocycles. The smallest absolute Gasteiger partial charge is 0.408 e. The number of ether oxygens (including phenoxy) is 1. The molecular formula is C23H25ClN4O4S. The van der Waals surface area contributed by atoms with Gasteiger partial charge in [-0.3, -0.25) is 19.2 Å². The number of halogens is 1. The number of carbonyl (C=O) groups excluding carboxylic acids is 1. The predicted octanol–water partition coefficient (Wildman–Crippen LogP) is 3.38. The predicted molar refractivity (Wildman–Crippen MR) is 132 cm³/mol. The molecule has 1 aliphatic heterocycles. The van der Waals surface area contributed by atoms with Crippen molar-refractivity contribution in [1.29, 1.82) is 0 Å². The second-order valence-electron chi connectivity index (χ2n) is 7.74. The highest BCUT2D eigenvalue weighted by atomic mass is 35.5. The number of fused-ring (bicyclic) bond motifs is 2. The number of rotatable bonds is 7. The third-order valence-electron chi connectivity index (χ3n) is 5.64. The summed E-state index contributed by atoms with van der Waals surface area (Å²) in [7, 11) is 0. The van der Waals surface area contributed by atoms with Crippen LogP contribution in [0.3, 0.4) is 0 Å². The highest BCUT2D eigenvalue weighted by Gasteiger charge is 2.22. The molecule has 0 radical (unpaired) electrons. The van der Waals surface area contributed by atoms with E-state index in [0.29, 0.717) is 22.8 Å². The lowest BCUT2D eigenvalue weighted by atomic mass is 10.3. The molecule has 33 heavy (non-hydrogen) atoms. The topological polar surface area (TPSA) is 80.8 Å². The maximum absolute atomic E-state index is 13.4. The lowest BCUT2D eigenvalue weighted by molar-refractivity contribution is -0.119. The van der Waals surface area contributed by atoms with E-state index in [1.54, 1.807) is 23.1 Å². The summed E-state index contributed by atoms with van der Waals surface area (Å²) in [6, 6.07) is 15.0. The number of benzene rings is 2. The molecule has 0 aliphatic carbocycles. The van der Waals surface area contributed by atoms with E-state index >= 15 is 0 Å². The van der Waals surface area contributed by atoms with Crippen LogP contribution in [0.25, 0.3) is 21.3 Å². The number of amides is 1. The van der Waals surface area contributed by atoms with Crippen LogP contribution in [0.2, 0.25) is 0 Å². The Morgan fingerprint density at radius 1 is 1.09 bits per heavy atom. The number of hydrogen-bond donors (Lipinski definition) is 0. The van der Waals surface area contributed by atoms with Gasteiger partial charge in [-0.1, -0.05) is 35.6 Å². The molecule has 0 bridgehead atoms. The van der Waals surface area contributed by atoms with Crippen LogP contribution < -0.4 is 10.7 Å². The molecule has 0 atom stereocenters. The van der Waals surface area contributed by atoms with Gasteiger partial charge >= 0.3 is 5.76 Å². The molecule has 0 unspecified atom stereocenters. The standard InChI is InChI=1S/C23H24N4O4S.ClH/c28-21(16-27-18-7-2-3-8-19(18)31-23(27)29)26(11-5-10-25-12-14-30-15-13-25)22-24-17-6-1-4-9-20(17)32-22;/h1-4,6-9H,5,10-16H2;1H. The van der Waals surface area contributed by atoms with Crippen molar-refractivity contribution in [3.63, 3.8) is 0 Å². The van der Waals surface area contributed by atoms with Crippen LogP contribution in [0.5, 0.6) is 0 Å². The van der Waals surface area contributed by atoms with Crippen molar-refractivity contribution in [2.45, 2.75) is 13.0 Å². The highest BCUT2D eigenvalue weighted by molar-refractivity contribution is 7.22. The number of carbonyl (C=O) groups is 1. The fourth-order valence-corrected chi connectivity index (χ4v) is 4.97. The first-order valence-corrected chi connectivity index (χ1v) is 11.5. The van der Waals surface area contributed by atoms with Crippen molar-refractivity contribution < 1.29 is 13.9 Å². The molecule has 1 saturated heterocycles. The van der Waals surface area contributed by atoms with Crippen LogP contribution in [0.15, 0.2) is 57.7 Å². The number of nitrogens with zero attached hydrogens (tertiary/aromatic N) is 4. The Morgan fingerprint density at radius 3 is 2.67 bits per heavy atom. The molecule has 0 spiro atoms. The van der Waals surface area contributed by atoms with Gasteiger partial charge in [0.25, 0.3) is 0 Å². The molecule has 4 aromatic rings. The minimum Gasteiger partial charge on any atom is -0.408 e. The van der Waals surface area contributed by atoms with Crippen LogP contribution in [0.4, 0.5) is 5.13 Å². The van der Waals surface area contributed by atoms with Crippen LogP contribution >= 0.6 is 23.7 Å². The molecule has 2 aromatic carbocycles. The van der Waals surface area contributed by atoms with Gasteiger partial charge in [0.05, 0.1) is 28.9 Å². The Hall–Kier alpha value is -2.72. The molecule has 174 valence electrons. The molecule has 0 saturated carbocycles. The SMILES string of the molecule is Cl.O=C(Cn1c(=O)oc2ccccc21)N(CCCN1CCOCC1)c1nc2ccccc2s1. The number of anilines is 1. The summed E-state index contributed by atoms with van der Waals surface area (Å²) >= 11 is 1.49. The van der Waals surface area contributed by atoms with Gasteiger partial charge < -0.3 is 9.15 Å². The Labute approximate surface area is 200 Å². The monoisotopic (exact) mass is 488 g/mol. The van der Waals surface area contributed by atoms with E-state index < -0.39 is 5.76 Å². The zero-order valence-electron chi connectivity index (χ0n) is 18.0. The van der Waals surface area contributed by atoms with Crippen molar-refractivity contribution in [2.75, 3.05) is 44.3 Å². The lowest BCUT2D eigenvalue weighted by Crippen LogP contribution is -2.40. The molecule has 10 heteroatoms. The largest absolute Gasteiger partial charge is 0.420 e. The first kappa shape index (κ1) is 23.4. The summed E-state index contributed by atoms with van der Waals surface area (Å²) in [4.78, 5) is 34.6. The molecule has 1 fully saturated rings. The van der Waals surface area contributed by atoms with Gasteiger partial charge in [-0.2, -0.15) is 0 Å². The summed E-state index contributed by atoms with van der Waals surface area (Å²) in [6.07, 6.45) is 0.808. The van der Waals surface area contributed by atoms with Gasteiger partial charge in [-0.05, 0) is 30.7 Å². The normalized spacial score (nSPS) is 14.4. The van der Waals surface area contributed by atoms with Crippen molar-refractivity contribution >= 4 is 56.1 Å². The quantitative estimate of drug-likeness (QED) is 0.396. The fourth-order valence-electron chi connectivity index (χ4n) is 3.96. The molecule has 8 nitrogen and oxygen atoms in total. The Morgan fingerprint density at radius 2 is 1.85 bits per heavy atom. The molecule has 1 amide bonds. The van der Waals surface area contributed by atoms with Crippen molar-refractivity contribution in [3.05, 3.63) is 59.1 Å². The zero-order chi connectivity index (χ0) is 21.9. The van der Waals surface area contributed by atoms with E-state index in [1.807, 2.05) is 30.3 Å². The Bertz CT molecular complexity index is 1260. The second-order valence-corrected chi connectivity index (χ2v) is 8.75. The Balaban J connectivity index is 0.00000259. The Kier molecular flexibility index (Phi) is 7.44. The zero-order valence-corrected chi connectivity index (χ0v) is 19.6. The van der Waals surface area contributed by atoms with Crippen LogP contribution in [-0.2, 0) is 16.1 Å². The maximum Gasteiger partial charge on any atom is 0.420 e. The summed E-state index contributed by atoms with van der Waals surface area (Å²) in [5.41, 5.74) is 1.96. The van der Waals surface area contributed by atoms with E-state index in [2.05, 4.69) is 4.90 Å². The third-order valence-corrected chi connectivity index (χ3v) is 6.70. The molecular weight excluding hydrogens is 464 g/mol. The van der Waals surface area contributed by atoms with Crippen molar-refractivity contribution in [3.8, 4) is 0 Å². The summed E-state index contributed by atoms with van der Waals surface area (Å²) in [6.45, 7) is 4.63. The summed E-state index contributed by atoms with van der Waals surface area (Å²) < 4.78 is 13.1. The van der Waals surface area contributed by atoms with Gasteiger partial charge in [-0.25, -0.2) is 9.78 Å². The second kappa shape index (κ2) is 10.5. The van der Waals surface area contributed by atoms with Gasteiger partial charge in [0.15, 0.2) is 10.7 Å². The van der Waals surface area contributed by atoms with Crippen molar-refractivity contribution in [2.24, 2.45) is 0 Å². The van der Waals surface area contributed by atoms with E-state index in [9.17, 15) is 9.59 Å². The number of morpholine rings is 1. The molecule has 2 aromatic heterocycles. The van der Waals surface area contributed by atoms with Crippen molar-refractivity contribution in [1.82, 2.24) is 14.5 Å². The average molecular weight is 489 g/mol. The molecule has 5 rings (SSSR count). The molecule has 0 N–H and O–H groups in total. The van der Waals surface area contributed by atoms with E-state index in [-0.39, 0.29) is 24.9 Å². The highest BCUT2D eigenvalue weighted by Crippen LogP contribution is 2.29. The third kappa shape index (κ3) is 5.11. The summed E-state index contributed by atoms with van der Waals surface area (Å²) in [5.74, 6) is -0.711. The number of para-hydroxylation sites is 3. The molecule has 1 aliphatic rings. The first-order valence-electron chi connectivity index (χ1n) is 10.7. The van der Waals surface area contributed by atoms with E-state index in [0.717, 1.165) is 49.5 Å². The van der Waals surface area contributed by atoms with Gasteiger partial charge in [0.2, 0.25) is 5.91 Å². The number of hydrogen-bond acceptors (Lipinski definition) is 7. The van der Waals surface area contributed by atoms with E-state index in [1.165, 1.54) is 15.9 Å². The minimum atomic E-state index is -0.530.